The van der Waals surface area contributed by atoms with Crippen LogP contribution in [0.2, 0.25) is 0 Å². The van der Waals surface area contributed by atoms with E-state index in [0.29, 0.717) is 38.9 Å². The van der Waals surface area contributed by atoms with Gasteiger partial charge in [0.15, 0.2) is 0 Å². The molecule has 3 aliphatic rings. The molecule has 0 bridgehead atoms. The van der Waals surface area contributed by atoms with E-state index in [0.717, 1.165) is 22.3 Å². The SMILES string of the molecule is O=C(NC1(C(=O)NC2CC(C(=O)O)C2)CCOCC1)OCC1c2ccccc2-c2ccccc21. The number of fused-ring (bicyclic) bond motifs is 3. The minimum absolute atomic E-state index is 0.0689. The highest BCUT2D eigenvalue weighted by molar-refractivity contribution is 5.90. The molecule has 0 spiro atoms. The lowest BCUT2D eigenvalue weighted by atomic mass is 9.79. The van der Waals surface area contributed by atoms with Gasteiger partial charge in [0.2, 0.25) is 5.91 Å². The van der Waals surface area contributed by atoms with E-state index >= 15 is 0 Å². The molecule has 2 aromatic rings. The quantitative estimate of drug-likeness (QED) is 0.606. The number of alkyl carbamates (subject to hydrolysis) is 1. The summed E-state index contributed by atoms with van der Waals surface area (Å²) < 4.78 is 11.1. The Hall–Kier alpha value is -3.39. The molecule has 1 aliphatic heterocycles. The summed E-state index contributed by atoms with van der Waals surface area (Å²) in [5.74, 6) is -1.65. The van der Waals surface area contributed by atoms with Crippen molar-refractivity contribution in [1.82, 2.24) is 10.6 Å². The molecular formula is C26H28N2O6. The Bertz CT molecular complexity index is 1060. The van der Waals surface area contributed by atoms with E-state index in [1.165, 1.54) is 0 Å². The maximum atomic E-state index is 13.1. The zero-order chi connectivity index (χ0) is 23.7. The molecule has 0 aromatic heterocycles. The molecule has 0 unspecified atom stereocenters. The van der Waals surface area contributed by atoms with Crippen LogP contribution >= 0.6 is 0 Å². The topological polar surface area (TPSA) is 114 Å². The van der Waals surface area contributed by atoms with Gasteiger partial charge in [-0.25, -0.2) is 4.79 Å². The maximum Gasteiger partial charge on any atom is 0.408 e. The highest BCUT2D eigenvalue weighted by atomic mass is 16.5. The van der Waals surface area contributed by atoms with Crippen molar-refractivity contribution in [3.63, 3.8) is 0 Å². The number of hydrogen-bond acceptors (Lipinski definition) is 5. The molecule has 1 saturated heterocycles. The Morgan fingerprint density at radius 2 is 1.56 bits per heavy atom. The predicted octanol–water partition coefficient (Wildman–Crippen LogP) is 3.05. The molecule has 0 atom stereocenters. The van der Waals surface area contributed by atoms with E-state index in [1.54, 1.807) is 0 Å². The Morgan fingerprint density at radius 1 is 0.971 bits per heavy atom. The van der Waals surface area contributed by atoms with Gasteiger partial charge in [-0.1, -0.05) is 48.5 Å². The number of rotatable bonds is 6. The first-order valence-electron chi connectivity index (χ1n) is 11.7. The van der Waals surface area contributed by atoms with Crippen LogP contribution in [0, 0.1) is 5.92 Å². The van der Waals surface area contributed by atoms with Crippen LogP contribution in [-0.4, -0.2) is 54.5 Å². The number of carbonyl (C=O) groups excluding carboxylic acids is 2. The van der Waals surface area contributed by atoms with Crippen molar-refractivity contribution in [2.45, 2.75) is 43.2 Å². The number of ether oxygens (including phenoxy) is 2. The second-order valence-corrected chi connectivity index (χ2v) is 9.32. The predicted molar refractivity (Wildman–Crippen MR) is 123 cm³/mol. The molecule has 2 aromatic carbocycles. The second-order valence-electron chi connectivity index (χ2n) is 9.32. The fourth-order valence-corrected chi connectivity index (χ4v) is 5.22. The summed E-state index contributed by atoms with van der Waals surface area (Å²) >= 11 is 0. The van der Waals surface area contributed by atoms with Gasteiger partial charge in [0.05, 0.1) is 5.92 Å². The number of benzene rings is 2. The molecular weight excluding hydrogens is 436 g/mol. The Kier molecular flexibility index (Phi) is 6.00. The lowest BCUT2D eigenvalue weighted by Crippen LogP contribution is -2.64. The highest BCUT2D eigenvalue weighted by Crippen LogP contribution is 2.44. The number of carbonyl (C=O) groups is 3. The van der Waals surface area contributed by atoms with Crippen molar-refractivity contribution in [2.75, 3.05) is 19.8 Å². The lowest BCUT2D eigenvalue weighted by Gasteiger charge is -2.40. The summed E-state index contributed by atoms with van der Waals surface area (Å²) in [5, 5.41) is 14.8. The van der Waals surface area contributed by atoms with Crippen molar-refractivity contribution < 1.29 is 29.0 Å². The lowest BCUT2D eigenvalue weighted by molar-refractivity contribution is -0.147. The third-order valence-electron chi connectivity index (χ3n) is 7.29. The van der Waals surface area contributed by atoms with Gasteiger partial charge in [-0.2, -0.15) is 0 Å². The summed E-state index contributed by atoms with van der Waals surface area (Å²) in [6.07, 6.45) is 0.823. The number of aliphatic carboxylic acids is 1. The van der Waals surface area contributed by atoms with Crippen LogP contribution in [0.1, 0.15) is 42.7 Å². The number of nitrogens with one attached hydrogen (secondary N) is 2. The van der Waals surface area contributed by atoms with E-state index in [2.05, 4.69) is 34.9 Å². The van der Waals surface area contributed by atoms with Crippen LogP contribution in [0.25, 0.3) is 11.1 Å². The molecule has 0 radical (unpaired) electrons. The zero-order valence-electron chi connectivity index (χ0n) is 18.8. The van der Waals surface area contributed by atoms with E-state index in [1.807, 2.05) is 24.3 Å². The third-order valence-corrected chi connectivity index (χ3v) is 7.29. The monoisotopic (exact) mass is 464 g/mol. The molecule has 34 heavy (non-hydrogen) atoms. The summed E-state index contributed by atoms with van der Waals surface area (Å²) in [4.78, 5) is 37.1. The Labute approximate surface area is 197 Å². The van der Waals surface area contributed by atoms with Crippen LogP contribution in [0.3, 0.4) is 0 Å². The van der Waals surface area contributed by atoms with Gasteiger partial charge < -0.3 is 25.2 Å². The van der Waals surface area contributed by atoms with Crippen LogP contribution in [-0.2, 0) is 19.1 Å². The van der Waals surface area contributed by atoms with Crippen LogP contribution in [0.4, 0.5) is 4.79 Å². The molecule has 178 valence electrons. The Morgan fingerprint density at radius 3 is 2.15 bits per heavy atom. The van der Waals surface area contributed by atoms with Crippen molar-refractivity contribution in [3.8, 4) is 11.1 Å². The molecule has 3 N–H and O–H groups in total. The van der Waals surface area contributed by atoms with Gasteiger partial charge in [0.1, 0.15) is 12.1 Å². The average molecular weight is 465 g/mol. The zero-order valence-corrected chi connectivity index (χ0v) is 18.8. The van der Waals surface area contributed by atoms with E-state index < -0.39 is 23.5 Å². The first kappa shape index (κ1) is 22.4. The smallest absolute Gasteiger partial charge is 0.408 e. The van der Waals surface area contributed by atoms with Crippen molar-refractivity contribution >= 4 is 18.0 Å². The van der Waals surface area contributed by atoms with Crippen molar-refractivity contribution in [1.29, 1.82) is 0 Å². The number of hydrogen-bond donors (Lipinski definition) is 3. The normalized spacial score (nSPS) is 22.6. The van der Waals surface area contributed by atoms with Gasteiger partial charge in [-0.05, 0) is 35.1 Å². The van der Waals surface area contributed by atoms with Gasteiger partial charge in [0, 0.05) is 38.0 Å². The summed E-state index contributed by atoms with van der Waals surface area (Å²) in [6.45, 7) is 0.857. The van der Waals surface area contributed by atoms with Crippen LogP contribution < -0.4 is 10.6 Å². The summed E-state index contributed by atoms with van der Waals surface area (Å²) in [6, 6.07) is 16.0. The van der Waals surface area contributed by atoms with Gasteiger partial charge in [-0.15, -0.1) is 0 Å². The van der Waals surface area contributed by atoms with E-state index in [9.17, 15) is 14.4 Å². The molecule has 1 saturated carbocycles. The summed E-state index contributed by atoms with van der Waals surface area (Å²) in [5.41, 5.74) is 3.40. The largest absolute Gasteiger partial charge is 0.481 e. The number of carboxylic acids is 1. The van der Waals surface area contributed by atoms with Crippen LogP contribution in [0.15, 0.2) is 48.5 Å². The maximum absolute atomic E-state index is 13.1. The molecule has 8 heteroatoms. The molecule has 5 rings (SSSR count). The first-order valence-corrected chi connectivity index (χ1v) is 11.7. The highest BCUT2D eigenvalue weighted by Gasteiger charge is 2.45. The summed E-state index contributed by atoms with van der Waals surface area (Å²) in [7, 11) is 0. The van der Waals surface area contributed by atoms with Gasteiger partial charge in [0.25, 0.3) is 0 Å². The third kappa shape index (κ3) is 4.14. The number of carboxylic acid groups (broad SMARTS) is 1. The molecule has 1 heterocycles. The van der Waals surface area contributed by atoms with Crippen LogP contribution in [0.5, 0.6) is 0 Å². The van der Waals surface area contributed by atoms with Gasteiger partial charge in [-0.3, -0.25) is 9.59 Å². The fourth-order valence-electron chi connectivity index (χ4n) is 5.22. The molecule has 2 aliphatic carbocycles. The van der Waals surface area contributed by atoms with Gasteiger partial charge >= 0.3 is 12.1 Å². The van der Waals surface area contributed by atoms with Crippen molar-refractivity contribution in [3.05, 3.63) is 59.7 Å². The minimum atomic E-state index is -1.13. The Balaban J connectivity index is 1.24. The second kappa shape index (κ2) is 9.10. The average Bonchev–Trinajstić information content (AvgIpc) is 3.13. The number of amides is 2. The van der Waals surface area contributed by atoms with E-state index in [-0.39, 0.29) is 24.5 Å². The first-order chi connectivity index (χ1) is 16.5. The minimum Gasteiger partial charge on any atom is -0.481 e. The molecule has 2 fully saturated rings. The fraction of sp³-hybridized carbons (Fsp3) is 0.423. The standard InChI is InChI=1S/C26H28N2O6/c29-23(30)16-13-17(14-16)27-24(31)26(9-11-33-12-10-26)28-25(32)34-15-22-20-7-3-1-5-18(20)19-6-2-4-8-21(19)22/h1-8,16-17,22H,9-15H2,(H,27,31)(H,28,32)(H,29,30). The van der Waals surface area contributed by atoms with E-state index in [4.69, 9.17) is 14.6 Å². The molecule has 8 nitrogen and oxygen atoms in total. The van der Waals surface area contributed by atoms with Crippen molar-refractivity contribution in [2.24, 2.45) is 5.92 Å². The molecule has 2 amide bonds.